The summed E-state index contributed by atoms with van der Waals surface area (Å²) in [5.74, 6) is -0.614. The van der Waals surface area contributed by atoms with Crippen molar-refractivity contribution in [1.29, 1.82) is 0 Å². The zero-order chi connectivity index (χ0) is 19.2. The van der Waals surface area contributed by atoms with Crippen molar-refractivity contribution in [1.82, 2.24) is 9.80 Å². The van der Waals surface area contributed by atoms with Gasteiger partial charge in [-0.05, 0) is 38.0 Å². The molecule has 1 heterocycles. The number of nitrogens with zero attached hydrogens (tertiary/aromatic N) is 2. The van der Waals surface area contributed by atoms with Crippen LogP contribution in [0.2, 0.25) is 0 Å². The van der Waals surface area contributed by atoms with E-state index in [1.807, 2.05) is 44.2 Å². The summed E-state index contributed by atoms with van der Waals surface area (Å²) in [5, 5.41) is 0. The zero-order valence-corrected chi connectivity index (χ0v) is 15.5. The maximum Gasteiger partial charge on any atom is 0.261 e. The monoisotopic (exact) mass is 362 g/mol. The lowest BCUT2D eigenvalue weighted by atomic mass is 9.92. The van der Waals surface area contributed by atoms with Gasteiger partial charge in [0.1, 0.15) is 0 Å². The van der Waals surface area contributed by atoms with Crippen LogP contribution in [0.25, 0.3) is 0 Å². The normalized spacial score (nSPS) is 23.3. The molecular weight excluding hydrogens is 340 g/mol. The fraction of sp³-hybridized carbons (Fsp3) is 0.318. The number of likely N-dealkylation sites (N-methyl/N-ethyl adjacent to an activating group) is 1. The smallest absolute Gasteiger partial charge is 0.261 e. The first kappa shape index (κ1) is 17.5. The van der Waals surface area contributed by atoms with Gasteiger partial charge in [0.15, 0.2) is 0 Å². The largest absolute Gasteiger partial charge is 0.342 e. The molecule has 2 atom stereocenters. The Kier molecular flexibility index (Phi) is 4.10. The van der Waals surface area contributed by atoms with Crippen LogP contribution in [0.15, 0.2) is 54.6 Å². The number of amides is 3. The number of carbonyl (C=O) groups excluding carboxylic acids is 3. The highest BCUT2D eigenvalue weighted by atomic mass is 16.2. The number of carbonyl (C=O) groups is 3. The summed E-state index contributed by atoms with van der Waals surface area (Å²) in [5.41, 5.74) is 0.863. The number of benzene rings is 2. The standard InChI is InChI=1S/C22H22N2O3/c1-3-23(4-2)21(27)22(15-10-6-5-7-11-15)14-18(22)24-19(25)16-12-8-9-13-17(16)20(24)26/h5-13,18H,3-4,14H2,1-2H3/t18-,22-/m1/s1. The van der Waals surface area contributed by atoms with Gasteiger partial charge in [-0.3, -0.25) is 19.3 Å². The van der Waals surface area contributed by atoms with Gasteiger partial charge >= 0.3 is 0 Å². The average molecular weight is 362 g/mol. The third kappa shape index (κ3) is 2.41. The molecule has 0 radical (unpaired) electrons. The Bertz CT molecular complexity index is 885. The van der Waals surface area contributed by atoms with Gasteiger partial charge in [0, 0.05) is 13.1 Å². The molecule has 2 aliphatic rings. The highest BCUT2D eigenvalue weighted by molar-refractivity contribution is 6.22. The predicted octanol–water partition coefficient (Wildman–Crippen LogP) is 2.86. The van der Waals surface area contributed by atoms with Gasteiger partial charge in [0.25, 0.3) is 11.8 Å². The molecule has 0 bridgehead atoms. The summed E-state index contributed by atoms with van der Waals surface area (Å²) in [7, 11) is 0. The van der Waals surface area contributed by atoms with Crippen molar-refractivity contribution in [3.05, 3.63) is 71.3 Å². The maximum atomic E-state index is 13.4. The minimum absolute atomic E-state index is 0.0137. The molecule has 2 aromatic carbocycles. The predicted molar refractivity (Wildman–Crippen MR) is 101 cm³/mol. The van der Waals surface area contributed by atoms with Crippen LogP contribution in [0.4, 0.5) is 0 Å². The minimum Gasteiger partial charge on any atom is -0.342 e. The molecule has 3 amide bonds. The van der Waals surface area contributed by atoms with Crippen molar-refractivity contribution < 1.29 is 14.4 Å². The van der Waals surface area contributed by atoms with Crippen molar-refractivity contribution in [3.8, 4) is 0 Å². The molecular formula is C22H22N2O3. The second-order valence-corrected chi connectivity index (χ2v) is 7.06. The average Bonchev–Trinajstić information content (AvgIpc) is 3.40. The maximum absolute atomic E-state index is 13.4. The Balaban J connectivity index is 1.76. The zero-order valence-electron chi connectivity index (χ0n) is 15.5. The van der Waals surface area contributed by atoms with E-state index < -0.39 is 11.5 Å². The molecule has 1 aliphatic heterocycles. The molecule has 2 aromatic rings. The fourth-order valence-corrected chi connectivity index (χ4v) is 4.24. The van der Waals surface area contributed by atoms with E-state index in [2.05, 4.69) is 0 Å². The van der Waals surface area contributed by atoms with E-state index >= 15 is 0 Å². The first-order valence-corrected chi connectivity index (χ1v) is 9.38. The molecule has 27 heavy (non-hydrogen) atoms. The molecule has 0 N–H and O–H groups in total. The number of rotatable bonds is 5. The molecule has 5 heteroatoms. The van der Waals surface area contributed by atoms with Crippen LogP contribution < -0.4 is 0 Å². The Hall–Kier alpha value is -2.95. The van der Waals surface area contributed by atoms with Crippen LogP contribution in [0, 0.1) is 0 Å². The molecule has 4 rings (SSSR count). The van der Waals surface area contributed by atoms with E-state index in [1.165, 1.54) is 4.90 Å². The summed E-state index contributed by atoms with van der Waals surface area (Å²) in [4.78, 5) is 42.3. The Labute approximate surface area is 158 Å². The Morgan fingerprint density at radius 1 is 0.963 bits per heavy atom. The number of imide groups is 1. The van der Waals surface area contributed by atoms with Gasteiger partial charge in [-0.1, -0.05) is 42.5 Å². The van der Waals surface area contributed by atoms with Gasteiger partial charge < -0.3 is 4.90 Å². The van der Waals surface area contributed by atoms with Gasteiger partial charge in [-0.25, -0.2) is 0 Å². The lowest BCUT2D eigenvalue weighted by Crippen LogP contribution is -2.45. The number of hydrogen-bond acceptors (Lipinski definition) is 3. The van der Waals surface area contributed by atoms with Crippen LogP contribution in [0.5, 0.6) is 0 Å². The second-order valence-electron chi connectivity index (χ2n) is 7.06. The van der Waals surface area contributed by atoms with E-state index in [0.29, 0.717) is 30.6 Å². The molecule has 0 aromatic heterocycles. The fourth-order valence-electron chi connectivity index (χ4n) is 4.24. The summed E-state index contributed by atoms with van der Waals surface area (Å²) < 4.78 is 0. The van der Waals surface area contributed by atoms with Crippen LogP contribution in [0.3, 0.4) is 0 Å². The van der Waals surface area contributed by atoms with Crippen molar-refractivity contribution in [2.24, 2.45) is 0 Å². The van der Waals surface area contributed by atoms with Crippen molar-refractivity contribution in [2.75, 3.05) is 13.1 Å². The molecule has 138 valence electrons. The summed E-state index contributed by atoms with van der Waals surface area (Å²) in [6.45, 7) is 5.08. The summed E-state index contributed by atoms with van der Waals surface area (Å²) in [6.07, 6.45) is 0.470. The lowest BCUT2D eigenvalue weighted by molar-refractivity contribution is -0.134. The van der Waals surface area contributed by atoms with E-state index in [0.717, 1.165) is 5.56 Å². The first-order chi connectivity index (χ1) is 13.1. The SMILES string of the molecule is CCN(CC)C(=O)[C@@]1(c2ccccc2)C[C@H]1N1C(=O)c2ccccc2C1=O. The van der Waals surface area contributed by atoms with Crippen LogP contribution >= 0.6 is 0 Å². The lowest BCUT2D eigenvalue weighted by Gasteiger charge is -2.28. The van der Waals surface area contributed by atoms with E-state index in [4.69, 9.17) is 0 Å². The van der Waals surface area contributed by atoms with Gasteiger partial charge in [-0.2, -0.15) is 0 Å². The van der Waals surface area contributed by atoms with Crippen LogP contribution in [-0.2, 0) is 10.2 Å². The Morgan fingerprint density at radius 2 is 1.48 bits per heavy atom. The van der Waals surface area contributed by atoms with Crippen molar-refractivity contribution in [3.63, 3.8) is 0 Å². The number of fused-ring (bicyclic) bond motifs is 1. The third-order valence-electron chi connectivity index (χ3n) is 5.78. The van der Waals surface area contributed by atoms with Gasteiger partial charge in [-0.15, -0.1) is 0 Å². The first-order valence-electron chi connectivity index (χ1n) is 9.38. The molecule has 1 saturated carbocycles. The van der Waals surface area contributed by atoms with Crippen LogP contribution in [0.1, 0.15) is 46.5 Å². The topological polar surface area (TPSA) is 57.7 Å². The summed E-state index contributed by atoms with van der Waals surface area (Å²) in [6, 6.07) is 15.9. The molecule has 0 spiro atoms. The van der Waals surface area contributed by atoms with Gasteiger partial charge in [0.05, 0.1) is 22.6 Å². The van der Waals surface area contributed by atoms with E-state index in [-0.39, 0.29) is 17.7 Å². The van der Waals surface area contributed by atoms with Gasteiger partial charge in [0.2, 0.25) is 5.91 Å². The summed E-state index contributed by atoms with van der Waals surface area (Å²) >= 11 is 0. The minimum atomic E-state index is -0.847. The molecule has 5 nitrogen and oxygen atoms in total. The van der Waals surface area contributed by atoms with E-state index in [9.17, 15) is 14.4 Å². The highest BCUT2D eigenvalue weighted by Crippen LogP contribution is 2.54. The quantitative estimate of drug-likeness (QED) is 0.769. The molecule has 0 saturated heterocycles. The molecule has 1 fully saturated rings. The second kappa shape index (κ2) is 6.34. The molecule has 1 aliphatic carbocycles. The third-order valence-corrected chi connectivity index (χ3v) is 5.78. The molecule has 0 unspecified atom stereocenters. The van der Waals surface area contributed by atoms with Crippen LogP contribution in [-0.4, -0.2) is 46.7 Å². The van der Waals surface area contributed by atoms with Crippen molar-refractivity contribution >= 4 is 17.7 Å². The van der Waals surface area contributed by atoms with Crippen molar-refractivity contribution in [2.45, 2.75) is 31.7 Å². The highest BCUT2D eigenvalue weighted by Gasteiger charge is 2.67. The Morgan fingerprint density at radius 3 is 2.00 bits per heavy atom. The van der Waals surface area contributed by atoms with E-state index in [1.54, 1.807) is 29.2 Å². The number of hydrogen-bond donors (Lipinski definition) is 0.